The third-order valence-electron chi connectivity index (χ3n) is 4.42. The van der Waals surface area contributed by atoms with Gasteiger partial charge in [0.25, 0.3) is 0 Å². The fourth-order valence-electron chi connectivity index (χ4n) is 2.73. The lowest BCUT2D eigenvalue weighted by molar-refractivity contribution is 0.0853. The van der Waals surface area contributed by atoms with Gasteiger partial charge in [-0.3, -0.25) is 0 Å². The first-order chi connectivity index (χ1) is 12.5. The van der Waals surface area contributed by atoms with Crippen LogP contribution in [0.1, 0.15) is 36.1 Å². The van der Waals surface area contributed by atoms with Crippen molar-refractivity contribution in [1.29, 1.82) is 0 Å². The van der Waals surface area contributed by atoms with E-state index in [1.807, 2.05) is 48.3 Å². The molecule has 1 atom stereocenters. The lowest BCUT2D eigenvalue weighted by Gasteiger charge is -2.14. The number of hydrogen-bond acceptors (Lipinski definition) is 3. The molecule has 0 fully saturated rings. The summed E-state index contributed by atoms with van der Waals surface area (Å²) >= 11 is 9.90. The molecule has 0 amide bonds. The van der Waals surface area contributed by atoms with E-state index in [4.69, 9.17) is 16.4 Å². The molecule has 2 aromatic rings. The van der Waals surface area contributed by atoms with Gasteiger partial charge in [-0.2, -0.15) is 0 Å². The average Bonchev–Trinajstić information content (AvgIpc) is 3.12. The Bertz CT molecular complexity index is 849. The molecule has 0 spiro atoms. The van der Waals surface area contributed by atoms with Crippen LogP contribution < -0.4 is 0 Å². The fraction of sp³-hybridized carbons (Fsp3) is 0.300. The Morgan fingerprint density at radius 1 is 1.35 bits per heavy atom. The largest absolute Gasteiger partial charge is 0.387 e. The van der Waals surface area contributed by atoms with E-state index >= 15 is 0 Å². The number of nitrogens with zero attached hydrogens (tertiary/aromatic N) is 3. The minimum absolute atomic E-state index is 0.123. The smallest absolute Gasteiger partial charge is 0.158 e. The number of hydrogen-bond donors (Lipinski definition) is 0. The lowest BCUT2D eigenvalue weighted by atomic mass is 9.97. The molecule has 6 heteroatoms. The molecular formula is C20H21BrClN3O. The Morgan fingerprint density at radius 3 is 2.77 bits per heavy atom. The Kier molecular flexibility index (Phi) is 5.99. The molecular weight excluding hydrogens is 414 g/mol. The zero-order chi connectivity index (χ0) is 18.7. The van der Waals surface area contributed by atoms with Crippen molar-refractivity contribution < 1.29 is 4.84 Å². The van der Waals surface area contributed by atoms with E-state index in [-0.39, 0.29) is 6.10 Å². The van der Waals surface area contributed by atoms with Crippen LogP contribution in [0.4, 0.5) is 5.69 Å². The number of benzene rings is 2. The molecule has 3 rings (SSSR count). The van der Waals surface area contributed by atoms with Crippen molar-refractivity contribution in [3.05, 3.63) is 62.6 Å². The molecule has 0 radical (unpaired) electrons. The van der Waals surface area contributed by atoms with Gasteiger partial charge < -0.3 is 9.74 Å². The molecule has 0 N–H and O–H groups in total. The highest BCUT2D eigenvalue weighted by Crippen LogP contribution is 2.36. The van der Waals surface area contributed by atoms with Gasteiger partial charge in [0.1, 0.15) is 0 Å². The second kappa shape index (κ2) is 8.23. The number of aryl methyl sites for hydroxylation is 1. The number of halogens is 2. The normalized spacial score (nSPS) is 16.7. The molecule has 0 bridgehead atoms. The van der Waals surface area contributed by atoms with E-state index < -0.39 is 0 Å². The van der Waals surface area contributed by atoms with Crippen LogP contribution in [0.5, 0.6) is 0 Å². The maximum absolute atomic E-state index is 6.45. The van der Waals surface area contributed by atoms with Crippen LogP contribution in [0.25, 0.3) is 0 Å². The number of rotatable bonds is 5. The fourth-order valence-corrected chi connectivity index (χ4v) is 3.21. The summed E-state index contributed by atoms with van der Waals surface area (Å²) in [4.78, 5) is 12.2. The molecule has 1 aliphatic rings. The predicted octanol–water partition coefficient (Wildman–Crippen LogP) is 5.89. The highest BCUT2D eigenvalue weighted by Gasteiger charge is 2.26. The Labute approximate surface area is 167 Å². The van der Waals surface area contributed by atoms with E-state index in [2.05, 4.69) is 39.9 Å². The average molecular weight is 435 g/mol. The van der Waals surface area contributed by atoms with Crippen LogP contribution >= 0.6 is 27.5 Å². The summed E-state index contributed by atoms with van der Waals surface area (Å²) in [6.45, 7) is 5.02. The summed E-state index contributed by atoms with van der Waals surface area (Å²) in [6.07, 6.45) is 2.39. The Morgan fingerprint density at radius 2 is 2.08 bits per heavy atom. The van der Waals surface area contributed by atoms with Gasteiger partial charge >= 0.3 is 0 Å². The summed E-state index contributed by atoms with van der Waals surface area (Å²) in [5.74, 6) is 0. The van der Waals surface area contributed by atoms with Crippen LogP contribution in [0.3, 0.4) is 0 Å². The quantitative estimate of drug-likeness (QED) is 0.435. The zero-order valence-electron chi connectivity index (χ0n) is 15.0. The first kappa shape index (κ1) is 18.9. The molecule has 1 heterocycles. The first-order valence-corrected chi connectivity index (χ1v) is 9.68. The molecule has 0 saturated carbocycles. The molecule has 1 unspecified atom stereocenters. The van der Waals surface area contributed by atoms with Crippen LogP contribution in [-0.4, -0.2) is 30.5 Å². The van der Waals surface area contributed by atoms with Crippen LogP contribution in [0, 0.1) is 6.92 Å². The summed E-state index contributed by atoms with van der Waals surface area (Å²) in [7, 11) is 1.98. The van der Waals surface area contributed by atoms with E-state index in [0.717, 1.165) is 45.5 Å². The molecule has 0 aliphatic carbocycles. The summed E-state index contributed by atoms with van der Waals surface area (Å²) in [5, 5.41) is 4.90. The first-order valence-electron chi connectivity index (χ1n) is 8.51. The Balaban J connectivity index is 1.77. The number of oxime groups is 1. The number of aliphatic imine (C=N–C) groups is 1. The van der Waals surface area contributed by atoms with Crippen molar-refractivity contribution in [2.24, 2.45) is 10.1 Å². The summed E-state index contributed by atoms with van der Waals surface area (Å²) in [5.41, 5.74) is 4.93. The summed E-state index contributed by atoms with van der Waals surface area (Å²) in [6, 6.07) is 12.0. The SMILES string of the molecule is CCN(C)/C=N\c1cc(C)c(C2CC(c3ccc(Br)cc3)=NO2)cc1Cl. The van der Waals surface area contributed by atoms with Gasteiger partial charge in [0.15, 0.2) is 6.10 Å². The third kappa shape index (κ3) is 4.27. The standard InChI is InChI=1S/C20H21BrClN3O/c1-4-25(3)12-23-19-9-13(2)16(10-17(19)22)20-11-18(24-26-20)14-5-7-15(21)8-6-14/h5-10,12,20H,4,11H2,1-3H3/b23-12-. The van der Waals surface area contributed by atoms with Crippen molar-refractivity contribution in [2.75, 3.05) is 13.6 Å². The van der Waals surface area contributed by atoms with E-state index in [0.29, 0.717) is 5.02 Å². The van der Waals surface area contributed by atoms with Gasteiger partial charge in [-0.25, -0.2) is 4.99 Å². The Hall–Kier alpha value is -1.85. The van der Waals surface area contributed by atoms with Crippen molar-refractivity contribution in [3.8, 4) is 0 Å². The maximum atomic E-state index is 6.45. The van der Waals surface area contributed by atoms with Gasteiger partial charge in [0.2, 0.25) is 0 Å². The molecule has 0 aromatic heterocycles. The second-order valence-electron chi connectivity index (χ2n) is 6.32. The third-order valence-corrected chi connectivity index (χ3v) is 5.25. The second-order valence-corrected chi connectivity index (χ2v) is 7.64. The molecule has 0 saturated heterocycles. The topological polar surface area (TPSA) is 37.2 Å². The van der Waals surface area contributed by atoms with Crippen molar-refractivity contribution >= 4 is 45.3 Å². The van der Waals surface area contributed by atoms with Crippen LogP contribution in [-0.2, 0) is 4.84 Å². The van der Waals surface area contributed by atoms with Gasteiger partial charge in [0.05, 0.1) is 22.8 Å². The van der Waals surface area contributed by atoms with Gasteiger partial charge in [-0.15, -0.1) is 0 Å². The molecule has 136 valence electrons. The lowest BCUT2D eigenvalue weighted by Crippen LogP contribution is -2.14. The monoisotopic (exact) mass is 433 g/mol. The molecule has 1 aliphatic heterocycles. The predicted molar refractivity (Wildman–Crippen MR) is 112 cm³/mol. The minimum Gasteiger partial charge on any atom is -0.387 e. The van der Waals surface area contributed by atoms with Crippen LogP contribution in [0.15, 0.2) is 51.0 Å². The molecule has 2 aromatic carbocycles. The van der Waals surface area contributed by atoms with Crippen molar-refractivity contribution in [1.82, 2.24) is 4.90 Å². The van der Waals surface area contributed by atoms with Crippen molar-refractivity contribution in [3.63, 3.8) is 0 Å². The van der Waals surface area contributed by atoms with E-state index in [1.165, 1.54) is 0 Å². The van der Waals surface area contributed by atoms with E-state index in [1.54, 1.807) is 6.34 Å². The minimum atomic E-state index is -0.123. The summed E-state index contributed by atoms with van der Waals surface area (Å²) < 4.78 is 1.05. The van der Waals surface area contributed by atoms with Gasteiger partial charge in [-0.05, 0) is 54.8 Å². The van der Waals surface area contributed by atoms with E-state index in [9.17, 15) is 0 Å². The highest BCUT2D eigenvalue weighted by molar-refractivity contribution is 9.10. The maximum Gasteiger partial charge on any atom is 0.158 e. The van der Waals surface area contributed by atoms with Crippen LogP contribution in [0.2, 0.25) is 5.02 Å². The molecule has 26 heavy (non-hydrogen) atoms. The zero-order valence-corrected chi connectivity index (χ0v) is 17.4. The van der Waals surface area contributed by atoms with Crippen molar-refractivity contribution in [2.45, 2.75) is 26.4 Å². The molecule has 4 nitrogen and oxygen atoms in total. The van der Waals surface area contributed by atoms with Gasteiger partial charge in [0, 0.05) is 24.5 Å². The highest BCUT2D eigenvalue weighted by atomic mass is 79.9. The van der Waals surface area contributed by atoms with Gasteiger partial charge in [-0.1, -0.05) is 44.8 Å².